The highest BCUT2D eigenvalue weighted by molar-refractivity contribution is 5.19. The highest BCUT2D eigenvalue weighted by Gasteiger charge is 2.27. The predicted octanol–water partition coefficient (Wildman–Crippen LogP) is 2.16. The number of nitrogens with zero attached hydrogens (tertiary/aromatic N) is 2. The van der Waals surface area contributed by atoms with Crippen molar-refractivity contribution in [3.8, 4) is 0 Å². The summed E-state index contributed by atoms with van der Waals surface area (Å²) < 4.78 is 0. The second kappa shape index (κ2) is 5.61. The van der Waals surface area contributed by atoms with Crippen molar-refractivity contribution in [3.05, 3.63) is 29.6 Å². The molecule has 0 aromatic carbocycles. The first-order valence-corrected chi connectivity index (χ1v) is 6.59. The molecule has 0 amide bonds. The third-order valence-corrected chi connectivity index (χ3v) is 3.74. The Balaban J connectivity index is 2.09. The van der Waals surface area contributed by atoms with Gasteiger partial charge in [0.2, 0.25) is 0 Å². The van der Waals surface area contributed by atoms with E-state index in [0.717, 1.165) is 18.2 Å². The zero-order chi connectivity index (χ0) is 12.3. The van der Waals surface area contributed by atoms with E-state index < -0.39 is 0 Å². The summed E-state index contributed by atoms with van der Waals surface area (Å²) in [6.07, 6.45) is 4.51. The molecule has 1 aliphatic heterocycles. The molecular weight excluding hydrogens is 210 g/mol. The van der Waals surface area contributed by atoms with Crippen LogP contribution < -0.4 is 5.73 Å². The summed E-state index contributed by atoms with van der Waals surface area (Å²) in [5, 5.41) is 0. The zero-order valence-corrected chi connectivity index (χ0v) is 10.9. The van der Waals surface area contributed by atoms with Gasteiger partial charge in [0.05, 0.1) is 5.69 Å². The molecule has 1 fully saturated rings. The molecule has 1 aromatic heterocycles. The zero-order valence-electron chi connectivity index (χ0n) is 10.9. The van der Waals surface area contributed by atoms with E-state index in [1.807, 2.05) is 12.3 Å². The van der Waals surface area contributed by atoms with Crippen molar-refractivity contribution < 1.29 is 0 Å². The van der Waals surface area contributed by atoms with Crippen LogP contribution in [0.1, 0.15) is 37.9 Å². The van der Waals surface area contributed by atoms with Crippen LogP contribution in [-0.4, -0.2) is 22.5 Å². The van der Waals surface area contributed by atoms with Crippen LogP contribution >= 0.6 is 0 Å². The van der Waals surface area contributed by atoms with Crippen molar-refractivity contribution in [2.75, 3.05) is 6.54 Å². The van der Waals surface area contributed by atoms with Gasteiger partial charge in [-0.15, -0.1) is 0 Å². The molecule has 0 radical (unpaired) electrons. The van der Waals surface area contributed by atoms with Crippen LogP contribution in [0.2, 0.25) is 0 Å². The van der Waals surface area contributed by atoms with E-state index in [-0.39, 0.29) is 0 Å². The summed E-state index contributed by atoms with van der Waals surface area (Å²) >= 11 is 0. The third kappa shape index (κ3) is 2.85. The molecule has 2 N–H and O–H groups in total. The molecule has 3 heteroatoms. The Morgan fingerprint density at radius 1 is 1.53 bits per heavy atom. The summed E-state index contributed by atoms with van der Waals surface area (Å²) in [5.41, 5.74) is 8.10. The summed E-state index contributed by atoms with van der Waals surface area (Å²) in [4.78, 5) is 7.05. The molecule has 3 nitrogen and oxygen atoms in total. The smallest absolute Gasteiger partial charge is 0.0588 e. The van der Waals surface area contributed by atoms with Crippen LogP contribution in [0.25, 0.3) is 0 Å². The Hall–Kier alpha value is -0.930. The van der Waals surface area contributed by atoms with Crippen molar-refractivity contribution in [1.29, 1.82) is 0 Å². The molecule has 94 valence electrons. The number of aromatic nitrogens is 1. The Morgan fingerprint density at radius 3 is 3.06 bits per heavy atom. The van der Waals surface area contributed by atoms with Crippen LogP contribution in [0.5, 0.6) is 0 Å². The second-order valence-electron chi connectivity index (χ2n) is 5.24. The summed E-state index contributed by atoms with van der Waals surface area (Å²) in [6, 6.07) is 4.76. The van der Waals surface area contributed by atoms with Gasteiger partial charge in [0.1, 0.15) is 0 Å². The summed E-state index contributed by atoms with van der Waals surface area (Å²) in [7, 11) is 0. The molecule has 17 heavy (non-hydrogen) atoms. The van der Waals surface area contributed by atoms with Crippen LogP contribution in [-0.2, 0) is 13.1 Å². The minimum Gasteiger partial charge on any atom is -0.326 e. The summed E-state index contributed by atoms with van der Waals surface area (Å²) in [6.45, 7) is 7.36. The fourth-order valence-corrected chi connectivity index (χ4v) is 2.80. The van der Waals surface area contributed by atoms with Crippen LogP contribution in [0.4, 0.5) is 0 Å². The standard InChI is InChI=1S/C14H23N3/c1-11(2)14-6-4-8-17(14)10-13-12(9-15)5-3-7-16-13/h3,5,7,11,14H,4,6,8-10,15H2,1-2H3. The molecule has 1 unspecified atom stereocenters. The largest absolute Gasteiger partial charge is 0.326 e. The minimum absolute atomic E-state index is 0.587. The maximum Gasteiger partial charge on any atom is 0.0588 e. The summed E-state index contributed by atoms with van der Waals surface area (Å²) in [5.74, 6) is 0.725. The molecule has 0 bridgehead atoms. The molecule has 1 aromatic rings. The Labute approximate surface area is 104 Å². The van der Waals surface area contributed by atoms with Gasteiger partial charge in [0.25, 0.3) is 0 Å². The average Bonchev–Trinajstić information content (AvgIpc) is 2.78. The average molecular weight is 233 g/mol. The molecule has 2 rings (SSSR count). The lowest BCUT2D eigenvalue weighted by molar-refractivity contribution is 0.196. The van der Waals surface area contributed by atoms with Crippen LogP contribution in [0, 0.1) is 5.92 Å². The maximum atomic E-state index is 5.76. The second-order valence-corrected chi connectivity index (χ2v) is 5.24. The molecule has 0 aliphatic carbocycles. The van der Waals surface area contributed by atoms with Crippen LogP contribution in [0.3, 0.4) is 0 Å². The Bertz CT molecular complexity index is 362. The molecule has 0 saturated carbocycles. The van der Waals surface area contributed by atoms with Crippen molar-refractivity contribution >= 4 is 0 Å². The highest BCUT2D eigenvalue weighted by Crippen LogP contribution is 2.25. The number of hydrogen-bond acceptors (Lipinski definition) is 3. The number of pyridine rings is 1. The molecule has 1 saturated heterocycles. The van der Waals surface area contributed by atoms with Gasteiger partial charge in [0, 0.05) is 25.3 Å². The van der Waals surface area contributed by atoms with E-state index >= 15 is 0 Å². The van der Waals surface area contributed by atoms with Crippen molar-refractivity contribution in [3.63, 3.8) is 0 Å². The first kappa shape index (κ1) is 12.5. The van der Waals surface area contributed by atoms with E-state index in [0.29, 0.717) is 12.6 Å². The van der Waals surface area contributed by atoms with Crippen molar-refractivity contribution in [1.82, 2.24) is 9.88 Å². The quantitative estimate of drug-likeness (QED) is 0.866. The van der Waals surface area contributed by atoms with Crippen LogP contribution in [0.15, 0.2) is 18.3 Å². The number of hydrogen-bond donors (Lipinski definition) is 1. The SMILES string of the molecule is CC(C)C1CCCN1Cc1ncccc1CN. The van der Waals surface area contributed by atoms with E-state index in [1.165, 1.54) is 24.9 Å². The van der Waals surface area contributed by atoms with Gasteiger partial charge >= 0.3 is 0 Å². The normalized spacial score (nSPS) is 21.3. The molecule has 0 spiro atoms. The lowest BCUT2D eigenvalue weighted by Gasteiger charge is -2.27. The first-order valence-electron chi connectivity index (χ1n) is 6.59. The fourth-order valence-electron chi connectivity index (χ4n) is 2.80. The fraction of sp³-hybridized carbons (Fsp3) is 0.643. The van der Waals surface area contributed by atoms with Gasteiger partial charge in [-0.05, 0) is 36.9 Å². The van der Waals surface area contributed by atoms with E-state index in [2.05, 4.69) is 29.8 Å². The lowest BCUT2D eigenvalue weighted by Crippen LogP contribution is -2.33. The number of rotatable bonds is 4. The third-order valence-electron chi connectivity index (χ3n) is 3.74. The van der Waals surface area contributed by atoms with Gasteiger partial charge in [-0.2, -0.15) is 0 Å². The topological polar surface area (TPSA) is 42.2 Å². The van der Waals surface area contributed by atoms with Gasteiger partial charge in [-0.3, -0.25) is 9.88 Å². The van der Waals surface area contributed by atoms with Crippen molar-refractivity contribution in [2.45, 2.75) is 45.8 Å². The van der Waals surface area contributed by atoms with E-state index in [4.69, 9.17) is 5.73 Å². The molecule has 1 aliphatic rings. The molecule has 2 heterocycles. The highest BCUT2D eigenvalue weighted by atomic mass is 15.2. The monoisotopic (exact) mass is 233 g/mol. The predicted molar refractivity (Wildman–Crippen MR) is 70.4 cm³/mol. The number of likely N-dealkylation sites (tertiary alicyclic amines) is 1. The lowest BCUT2D eigenvalue weighted by atomic mass is 10.0. The van der Waals surface area contributed by atoms with Gasteiger partial charge in [0.15, 0.2) is 0 Å². The minimum atomic E-state index is 0.587. The Kier molecular flexibility index (Phi) is 4.13. The van der Waals surface area contributed by atoms with E-state index in [1.54, 1.807) is 0 Å². The van der Waals surface area contributed by atoms with Crippen molar-refractivity contribution in [2.24, 2.45) is 11.7 Å². The van der Waals surface area contributed by atoms with Gasteiger partial charge in [-0.1, -0.05) is 19.9 Å². The maximum absolute atomic E-state index is 5.76. The first-order chi connectivity index (χ1) is 8.22. The van der Waals surface area contributed by atoms with Gasteiger partial charge < -0.3 is 5.73 Å². The molecule has 1 atom stereocenters. The Morgan fingerprint density at radius 2 is 2.35 bits per heavy atom. The molecular formula is C14H23N3. The van der Waals surface area contributed by atoms with E-state index in [9.17, 15) is 0 Å². The number of nitrogens with two attached hydrogens (primary N) is 1. The van der Waals surface area contributed by atoms with Gasteiger partial charge in [-0.25, -0.2) is 0 Å².